The molecule has 1 fully saturated rings. The summed E-state index contributed by atoms with van der Waals surface area (Å²) in [6, 6.07) is 0. The first-order valence-electron chi connectivity index (χ1n) is 14.1. The predicted molar refractivity (Wildman–Crippen MR) is 155 cm³/mol. The summed E-state index contributed by atoms with van der Waals surface area (Å²) in [6.45, 7) is 21.0. The number of nitrogens with zero attached hydrogens (tertiary/aromatic N) is 1. The van der Waals surface area contributed by atoms with Gasteiger partial charge in [-0.15, -0.1) is 0 Å². The van der Waals surface area contributed by atoms with Crippen LogP contribution in [-0.4, -0.2) is 19.0 Å². The van der Waals surface area contributed by atoms with E-state index in [1.54, 1.807) is 0 Å². The van der Waals surface area contributed by atoms with Gasteiger partial charge < -0.3 is 4.90 Å². The van der Waals surface area contributed by atoms with Gasteiger partial charge in [0.15, 0.2) is 0 Å². The Labute approximate surface area is 214 Å². The Kier molecular flexibility index (Phi) is 13.3. The van der Waals surface area contributed by atoms with Crippen LogP contribution in [0.25, 0.3) is 0 Å². The summed E-state index contributed by atoms with van der Waals surface area (Å²) in [5.74, 6) is 1.58. The third-order valence-corrected chi connectivity index (χ3v) is 8.13. The molecule has 2 unspecified atom stereocenters. The van der Waals surface area contributed by atoms with Crippen molar-refractivity contribution in [1.82, 2.24) is 4.90 Å². The highest BCUT2D eigenvalue weighted by Gasteiger charge is 2.26. The molecular weight excluding hydrogens is 410 g/mol. The van der Waals surface area contributed by atoms with Crippen LogP contribution >= 0.6 is 0 Å². The summed E-state index contributed by atoms with van der Waals surface area (Å²) in [5, 5.41) is 0. The molecule has 2 atom stereocenters. The van der Waals surface area contributed by atoms with E-state index in [-0.39, 0.29) is 0 Å². The van der Waals surface area contributed by atoms with Gasteiger partial charge in [0.1, 0.15) is 0 Å². The minimum absolute atomic E-state index is 0.513. The third-order valence-electron chi connectivity index (χ3n) is 8.13. The number of rotatable bonds is 9. The Morgan fingerprint density at radius 1 is 1.00 bits per heavy atom. The van der Waals surface area contributed by atoms with Crippen molar-refractivity contribution in [3.63, 3.8) is 0 Å². The van der Waals surface area contributed by atoms with Crippen LogP contribution in [0.5, 0.6) is 0 Å². The molecule has 0 saturated heterocycles. The monoisotopic (exact) mass is 467 g/mol. The summed E-state index contributed by atoms with van der Waals surface area (Å²) in [5.41, 5.74) is 9.13. The molecule has 0 aromatic carbocycles. The van der Waals surface area contributed by atoms with Crippen LogP contribution in [0.3, 0.4) is 0 Å². The highest BCUT2D eigenvalue weighted by atomic mass is 15.1. The topological polar surface area (TPSA) is 3.24 Å². The van der Waals surface area contributed by atoms with Gasteiger partial charge in [0.2, 0.25) is 0 Å². The first-order valence-corrected chi connectivity index (χ1v) is 14.1. The molecule has 0 aromatic heterocycles. The average molecular weight is 468 g/mol. The Morgan fingerprint density at radius 2 is 1.62 bits per heavy atom. The van der Waals surface area contributed by atoms with Crippen molar-refractivity contribution >= 4 is 0 Å². The zero-order valence-electron chi connectivity index (χ0n) is 24.8. The molecule has 1 saturated carbocycles. The van der Waals surface area contributed by atoms with Gasteiger partial charge in [-0.05, 0) is 106 Å². The van der Waals surface area contributed by atoms with E-state index in [1.807, 2.05) is 0 Å². The molecule has 0 aromatic rings. The number of likely N-dealkylation sites (N-methyl/N-ethyl adjacent to an activating group) is 1. The van der Waals surface area contributed by atoms with Gasteiger partial charge in [0.05, 0.1) is 0 Å². The van der Waals surface area contributed by atoms with Crippen molar-refractivity contribution in [1.29, 1.82) is 0 Å². The van der Waals surface area contributed by atoms with Gasteiger partial charge >= 0.3 is 0 Å². The second kappa shape index (κ2) is 14.8. The van der Waals surface area contributed by atoms with Gasteiger partial charge in [0.25, 0.3) is 0 Å². The molecule has 1 rings (SSSR count). The van der Waals surface area contributed by atoms with E-state index < -0.39 is 0 Å². The second-order valence-electron chi connectivity index (χ2n) is 11.6. The van der Waals surface area contributed by atoms with Crippen LogP contribution in [0.1, 0.15) is 120 Å². The molecule has 0 N–H and O–H groups in total. The standard InChI is InChI=1S/C33H57N/c1-12-18-30(31(19-13-2)32(34(10)11)25(5)14-3)27(7)28(15-4)24-29-21-17-23-33(8,9)22-16-20-26(29)6/h12,15,18-19,26,29H,13-14,16-17,20-24H2,1-11H3/b18-12-,28-15-,30-27+,31-19-,32-25+. The summed E-state index contributed by atoms with van der Waals surface area (Å²) < 4.78 is 0. The number of allylic oxidation sites excluding steroid dienone is 8. The third kappa shape index (κ3) is 8.94. The average Bonchev–Trinajstić information content (AvgIpc) is 2.83. The van der Waals surface area contributed by atoms with Gasteiger partial charge in [0, 0.05) is 25.4 Å². The Balaban J connectivity index is 3.46. The van der Waals surface area contributed by atoms with Crippen LogP contribution in [-0.2, 0) is 0 Å². The van der Waals surface area contributed by atoms with Crippen molar-refractivity contribution in [3.05, 3.63) is 57.9 Å². The number of hydrogen-bond donors (Lipinski definition) is 0. The Bertz CT molecular complexity index is 781. The van der Waals surface area contributed by atoms with E-state index in [9.17, 15) is 0 Å². The number of hydrogen-bond acceptors (Lipinski definition) is 1. The maximum atomic E-state index is 2.52. The van der Waals surface area contributed by atoms with Crippen LogP contribution in [0, 0.1) is 17.3 Å². The van der Waals surface area contributed by atoms with Gasteiger partial charge in [-0.1, -0.05) is 78.2 Å². The Hall–Kier alpha value is -1.50. The molecular formula is C33H57N. The minimum atomic E-state index is 0.513. The normalized spacial score (nSPS) is 24.2. The molecule has 0 amide bonds. The van der Waals surface area contributed by atoms with Crippen LogP contribution in [0.2, 0.25) is 0 Å². The van der Waals surface area contributed by atoms with E-state index in [0.717, 1.165) is 24.7 Å². The van der Waals surface area contributed by atoms with Crippen LogP contribution in [0.15, 0.2) is 57.9 Å². The lowest BCUT2D eigenvalue weighted by Crippen LogP contribution is -2.17. The van der Waals surface area contributed by atoms with Crippen molar-refractivity contribution in [2.75, 3.05) is 14.1 Å². The zero-order valence-corrected chi connectivity index (χ0v) is 24.8. The quantitative estimate of drug-likeness (QED) is 0.305. The van der Waals surface area contributed by atoms with E-state index in [1.165, 1.54) is 78.5 Å². The summed E-state index contributed by atoms with van der Waals surface area (Å²) in [6.07, 6.45) is 21.0. The molecule has 0 bridgehead atoms. The van der Waals surface area contributed by atoms with Crippen molar-refractivity contribution in [3.8, 4) is 0 Å². The first-order chi connectivity index (χ1) is 16.0. The summed E-state index contributed by atoms with van der Waals surface area (Å²) >= 11 is 0. The largest absolute Gasteiger partial charge is 0.377 e. The molecule has 0 spiro atoms. The zero-order chi connectivity index (χ0) is 25.9. The molecule has 0 aliphatic heterocycles. The maximum Gasteiger partial charge on any atom is 0.0426 e. The van der Waals surface area contributed by atoms with Crippen molar-refractivity contribution in [2.24, 2.45) is 17.3 Å². The molecule has 0 radical (unpaired) electrons. The summed E-state index contributed by atoms with van der Waals surface area (Å²) in [4.78, 5) is 2.31. The van der Waals surface area contributed by atoms with E-state index in [4.69, 9.17) is 0 Å². The highest BCUT2D eigenvalue weighted by molar-refractivity contribution is 5.57. The highest BCUT2D eigenvalue weighted by Crippen LogP contribution is 2.40. The fourth-order valence-electron chi connectivity index (χ4n) is 5.78. The molecule has 0 heterocycles. The lowest BCUT2D eigenvalue weighted by atomic mass is 9.79. The molecule has 1 aliphatic rings. The lowest BCUT2D eigenvalue weighted by molar-refractivity contribution is 0.291. The van der Waals surface area contributed by atoms with E-state index >= 15 is 0 Å². The maximum absolute atomic E-state index is 2.52. The van der Waals surface area contributed by atoms with E-state index in [0.29, 0.717) is 5.41 Å². The van der Waals surface area contributed by atoms with Gasteiger partial charge in [-0.3, -0.25) is 0 Å². The smallest absolute Gasteiger partial charge is 0.0426 e. The predicted octanol–water partition coefficient (Wildman–Crippen LogP) is 10.4. The van der Waals surface area contributed by atoms with Crippen molar-refractivity contribution < 1.29 is 0 Å². The second-order valence-corrected chi connectivity index (χ2v) is 11.6. The minimum Gasteiger partial charge on any atom is -0.377 e. The van der Waals surface area contributed by atoms with Crippen LogP contribution in [0.4, 0.5) is 0 Å². The molecule has 1 aliphatic carbocycles. The molecule has 34 heavy (non-hydrogen) atoms. The fraction of sp³-hybridized carbons (Fsp3) is 0.697. The van der Waals surface area contributed by atoms with Gasteiger partial charge in [-0.25, -0.2) is 0 Å². The summed E-state index contributed by atoms with van der Waals surface area (Å²) in [7, 11) is 4.38. The van der Waals surface area contributed by atoms with E-state index in [2.05, 4.69) is 106 Å². The van der Waals surface area contributed by atoms with Crippen LogP contribution < -0.4 is 0 Å². The molecule has 194 valence electrons. The SMILES string of the molecule is C\C=C/C(C(=C/CC)/C(=C(/C)CC)N(C)C)=C(C)\C(=C/C)CC1CCCC(C)(C)CCCC1C. The Morgan fingerprint density at radius 3 is 2.12 bits per heavy atom. The van der Waals surface area contributed by atoms with Crippen molar-refractivity contribution in [2.45, 2.75) is 120 Å². The lowest BCUT2D eigenvalue weighted by Gasteiger charge is -2.28. The molecule has 1 nitrogen and oxygen atoms in total. The van der Waals surface area contributed by atoms with Gasteiger partial charge in [-0.2, -0.15) is 0 Å². The first kappa shape index (κ1) is 30.5. The molecule has 1 heteroatoms. The fourth-order valence-corrected chi connectivity index (χ4v) is 5.78.